The third kappa shape index (κ3) is 3.15. The molecule has 0 bridgehead atoms. The summed E-state index contributed by atoms with van der Waals surface area (Å²) in [5, 5.41) is 0. The third-order valence-electron chi connectivity index (χ3n) is 4.71. The SMILES string of the molecule is COC(=O)c1cccc2nc([C@H]3CCN(Cc4ccccc4)C3)oc12. The maximum atomic E-state index is 11.9. The Bertz CT molecular complexity index is 888. The first-order chi connectivity index (χ1) is 12.2. The number of fused-ring (bicyclic) bond motifs is 1. The lowest BCUT2D eigenvalue weighted by molar-refractivity contribution is 0.0601. The minimum Gasteiger partial charge on any atom is -0.465 e. The van der Waals surface area contributed by atoms with Crippen molar-refractivity contribution in [2.45, 2.75) is 18.9 Å². The summed E-state index contributed by atoms with van der Waals surface area (Å²) in [4.78, 5) is 18.9. The molecule has 0 N–H and O–H groups in total. The molecule has 0 saturated carbocycles. The molecule has 5 heteroatoms. The Morgan fingerprint density at radius 2 is 2.08 bits per heavy atom. The molecule has 0 amide bonds. The summed E-state index contributed by atoms with van der Waals surface area (Å²) in [6.45, 7) is 2.86. The van der Waals surface area contributed by atoms with Gasteiger partial charge in [0.15, 0.2) is 11.5 Å². The van der Waals surface area contributed by atoms with Crippen LogP contribution in [0, 0.1) is 0 Å². The number of methoxy groups -OCH3 is 1. The van der Waals surface area contributed by atoms with E-state index in [4.69, 9.17) is 9.15 Å². The van der Waals surface area contributed by atoms with Crippen LogP contribution in [0.5, 0.6) is 0 Å². The van der Waals surface area contributed by atoms with E-state index in [2.05, 4.69) is 34.1 Å². The summed E-state index contributed by atoms with van der Waals surface area (Å²) in [6, 6.07) is 15.8. The van der Waals surface area contributed by atoms with Crippen molar-refractivity contribution >= 4 is 17.1 Å². The second-order valence-corrected chi connectivity index (χ2v) is 6.40. The number of para-hydroxylation sites is 1. The van der Waals surface area contributed by atoms with E-state index < -0.39 is 5.97 Å². The number of likely N-dealkylation sites (tertiary alicyclic amines) is 1. The Kier molecular flexibility index (Phi) is 4.24. The molecule has 0 unspecified atom stereocenters. The van der Waals surface area contributed by atoms with Crippen molar-refractivity contribution in [3.63, 3.8) is 0 Å². The Hall–Kier alpha value is -2.66. The van der Waals surface area contributed by atoms with Crippen molar-refractivity contribution in [3.8, 4) is 0 Å². The van der Waals surface area contributed by atoms with Gasteiger partial charge >= 0.3 is 5.97 Å². The Morgan fingerprint density at radius 1 is 1.24 bits per heavy atom. The zero-order valence-corrected chi connectivity index (χ0v) is 14.1. The number of ether oxygens (including phenoxy) is 1. The fraction of sp³-hybridized carbons (Fsp3) is 0.300. The summed E-state index contributed by atoms with van der Waals surface area (Å²) in [7, 11) is 1.37. The molecule has 0 radical (unpaired) electrons. The van der Waals surface area contributed by atoms with E-state index in [1.807, 2.05) is 12.1 Å². The van der Waals surface area contributed by atoms with E-state index in [-0.39, 0.29) is 5.92 Å². The van der Waals surface area contributed by atoms with Gasteiger partial charge in [-0.2, -0.15) is 0 Å². The number of benzene rings is 2. The predicted octanol–water partition coefficient (Wildman–Crippen LogP) is 3.60. The van der Waals surface area contributed by atoms with Gasteiger partial charge in [0.2, 0.25) is 0 Å². The van der Waals surface area contributed by atoms with E-state index in [1.54, 1.807) is 12.1 Å². The van der Waals surface area contributed by atoms with E-state index in [9.17, 15) is 4.79 Å². The fourth-order valence-corrected chi connectivity index (χ4v) is 3.43. The standard InChI is InChI=1S/C20H20N2O3/c1-24-20(23)16-8-5-9-17-18(16)25-19(21-17)15-10-11-22(13-15)12-14-6-3-2-4-7-14/h2-9,15H,10-13H2,1H3/t15-/m0/s1. The Morgan fingerprint density at radius 3 is 2.88 bits per heavy atom. The van der Waals surface area contributed by atoms with Crippen molar-refractivity contribution < 1.29 is 13.9 Å². The number of carbonyl (C=O) groups is 1. The van der Waals surface area contributed by atoms with Crippen molar-refractivity contribution in [1.29, 1.82) is 0 Å². The van der Waals surface area contributed by atoms with Crippen LogP contribution in [-0.2, 0) is 11.3 Å². The zero-order chi connectivity index (χ0) is 17.2. The normalized spacial score (nSPS) is 17.9. The maximum absolute atomic E-state index is 11.9. The van der Waals surface area contributed by atoms with Crippen LogP contribution in [-0.4, -0.2) is 36.1 Å². The molecule has 0 aliphatic carbocycles. The Balaban J connectivity index is 1.54. The summed E-state index contributed by atoms with van der Waals surface area (Å²) in [5.74, 6) is 0.564. The van der Waals surface area contributed by atoms with Crippen LogP contribution in [0.3, 0.4) is 0 Å². The molecule has 1 aromatic heterocycles. The van der Waals surface area contributed by atoms with E-state index in [1.165, 1.54) is 12.7 Å². The van der Waals surface area contributed by atoms with Gasteiger partial charge < -0.3 is 9.15 Å². The van der Waals surface area contributed by atoms with Gasteiger partial charge in [-0.1, -0.05) is 36.4 Å². The van der Waals surface area contributed by atoms with Crippen LogP contribution >= 0.6 is 0 Å². The predicted molar refractivity (Wildman–Crippen MR) is 94.4 cm³/mol. The molecule has 2 heterocycles. The first-order valence-corrected chi connectivity index (χ1v) is 8.48. The summed E-state index contributed by atoms with van der Waals surface area (Å²) in [5.41, 5.74) is 2.97. The summed E-state index contributed by atoms with van der Waals surface area (Å²) >= 11 is 0. The van der Waals surface area contributed by atoms with Gasteiger partial charge in [-0.15, -0.1) is 0 Å². The fourth-order valence-electron chi connectivity index (χ4n) is 3.43. The molecule has 128 valence electrons. The van der Waals surface area contributed by atoms with E-state index in [0.717, 1.165) is 26.1 Å². The van der Waals surface area contributed by atoms with E-state index in [0.29, 0.717) is 22.6 Å². The van der Waals surface area contributed by atoms with Gasteiger partial charge in [0.05, 0.1) is 7.11 Å². The van der Waals surface area contributed by atoms with Crippen molar-refractivity contribution in [2.24, 2.45) is 0 Å². The quantitative estimate of drug-likeness (QED) is 0.681. The number of hydrogen-bond acceptors (Lipinski definition) is 5. The van der Waals surface area contributed by atoms with Crippen LogP contribution in [0.1, 0.15) is 34.2 Å². The maximum Gasteiger partial charge on any atom is 0.341 e. The van der Waals surface area contributed by atoms with Gasteiger partial charge in [-0.3, -0.25) is 4.90 Å². The molecule has 1 atom stereocenters. The van der Waals surface area contributed by atoms with Gasteiger partial charge in [-0.25, -0.2) is 9.78 Å². The number of esters is 1. The van der Waals surface area contributed by atoms with Crippen LogP contribution in [0.25, 0.3) is 11.1 Å². The largest absolute Gasteiger partial charge is 0.465 e. The highest BCUT2D eigenvalue weighted by molar-refractivity contribution is 6.00. The topological polar surface area (TPSA) is 55.6 Å². The van der Waals surface area contributed by atoms with Crippen molar-refractivity contribution in [2.75, 3.05) is 20.2 Å². The molecule has 1 aliphatic heterocycles. The molecule has 25 heavy (non-hydrogen) atoms. The second-order valence-electron chi connectivity index (χ2n) is 6.40. The number of hydrogen-bond donors (Lipinski definition) is 0. The van der Waals surface area contributed by atoms with Crippen molar-refractivity contribution in [1.82, 2.24) is 9.88 Å². The number of carbonyl (C=O) groups excluding carboxylic acids is 1. The minimum atomic E-state index is -0.398. The second kappa shape index (κ2) is 6.69. The number of rotatable bonds is 4. The Labute approximate surface area is 146 Å². The molecule has 1 saturated heterocycles. The molecular weight excluding hydrogens is 316 g/mol. The highest BCUT2D eigenvalue weighted by atomic mass is 16.5. The monoisotopic (exact) mass is 336 g/mol. The smallest absolute Gasteiger partial charge is 0.341 e. The first kappa shape index (κ1) is 15.8. The number of nitrogens with zero attached hydrogens (tertiary/aromatic N) is 2. The van der Waals surface area contributed by atoms with Crippen LogP contribution in [0.4, 0.5) is 0 Å². The molecule has 5 nitrogen and oxygen atoms in total. The minimum absolute atomic E-state index is 0.251. The molecule has 4 rings (SSSR count). The molecular formula is C20H20N2O3. The molecule has 0 spiro atoms. The van der Waals surface area contributed by atoms with Gasteiger partial charge in [0.1, 0.15) is 11.1 Å². The summed E-state index contributed by atoms with van der Waals surface area (Å²) < 4.78 is 10.8. The average Bonchev–Trinajstić information content (AvgIpc) is 3.28. The summed E-state index contributed by atoms with van der Waals surface area (Å²) in [6.07, 6.45) is 1.01. The number of aromatic nitrogens is 1. The van der Waals surface area contributed by atoms with Crippen LogP contribution in [0.2, 0.25) is 0 Å². The lowest BCUT2D eigenvalue weighted by atomic mass is 10.1. The number of oxazole rings is 1. The van der Waals surface area contributed by atoms with Gasteiger partial charge in [-0.05, 0) is 30.7 Å². The first-order valence-electron chi connectivity index (χ1n) is 8.48. The van der Waals surface area contributed by atoms with Gasteiger partial charge in [0, 0.05) is 19.0 Å². The lowest BCUT2D eigenvalue weighted by Gasteiger charge is -2.15. The highest BCUT2D eigenvalue weighted by Crippen LogP contribution is 2.31. The van der Waals surface area contributed by atoms with Crippen LogP contribution < -0.4 is 0 Å². The van der Waals surface area contributed by atoms with Crippen LogP contribution in [0.15, 0.2) is 52.9 Å². The lowest BCUT2D eigenvalue weighted by Crippen LogP contribution is -2.19. The third-order valence-corrected chi connectivity index (χ3v) is 4.71. The molecule has 1 fully saturated rings. The molecule has 3 aromatic rings. The highest BCUT2D eigenvalue weighted by Gasteiger charge is 2.28. The molecule has 2 aromatic carbocycles. The van der Waals surface area contributed by atoms with E-state index >= 15 is 0 Å². The molecule has 1 aliphatic rings. The van der Waals surface area contributed by atoms with Crippen molar-refractivity contribution in [3.05, 3.63) is 65.5 Å². The average molecular weight is 336 g/mol. The zero-order valence-electron chi connectivity index (χ0n) is 14.1. The van der Waals surface area contributed by atoms with Gasteiger partial charge in [0.25, 0.3) is 0 Å².